The van der Waals surface area contributed by atoms with Crippen LogP contribution in [-0.4, -0.2) is 39.1 Å². The van der Waals surface area contributed by atoms with Gasteiger partial charge in [0.2, 0.25) is 5.91 Å². The lowest BCUT2D eigenvalue weighted by Gasteiger charge is -2.14. The number of carbonyl (C=O) groups excluding carboxylic acids is 1. The maximum atomic E-state index is 12.8. The molecule has 1 atom stereocenters. The first-order valence-corrected chi connectivity index (χ1v) is 14.4. The summed E-state index contributed by atoms with van der Waals surface area (Å²) >= 11 is 4.67. The normalized spacial score (nSPS) is 17.5. The zero-order valence-electron chi connectivity index (χ0n) is 19.1. The average molecular weight is 514 g/mol. The summed E-state index contributed by atoms with van der Waals surface area (Å²) < 4.78 is 7.97. The van der Waals surface area contributed by atoms with Crippen molar-refractivity contribution < 1.29 is 9.53 Å². The lowest BCUT2D eigenvalue weighted by atomic mass is 9.96. The smallest absolute Gasteiger partial charge is 0.235 e. The third kappa shape index (κ3) is 4.93. The minimum absolute atomic E-state index is 0.128. The van der Waals surface area contributed by atoms with Crippen LogP contribution in [0.15, 0.2) is 16.6 Å². The van der Waals surface area contributed by atoms with E-state index in [1.807, 2.05) is 0 Å². The highest BCUT2D eigenvalue weighted by Gasteiger charge is 2.24. The molecule has 1 aliphatic heterocycles. The highest BCUT2D eigenvalue weighted by atomic mass is 32.2. The van der Waals surface area contributed by atoms with Gasteiger partial charge < -0.3 is 10.1 Å². The predicted octanol–water partition coefficient (Wildman–Crippen LogP) is 5.29. The second kappa shape index (κ2) is 10.6. The number of rotatable bonds is 8. The lowest BCUT2D eigenvalue weighted by molar-refractivity contribution is -0.113. The first-order chi connectivity index (χ1) is 16.7. The van der Waals surface area contributed by atoms with Gasteiger partial charge in [-0.25, -0.2) is 0 Å². The number of nitrogens with one attached hydrogen (secondary N) is 1. The van der Waals surface area contributed by atoms with Crippen LogP contribution in [0.25, 0.3) is 11.4 Å². The average Bonchev–Trinajstić information content (AvgIpc) is 3.64. The second-order valence-electron chi connectivity index (χ2n) is 8.57. The molecule has 5 rings (SSSR count). The summed E-state index contributed by atoms with van der Waals surface area (Å²) in [4.78, 5) is 15.4. The molecule has 0 bridgehead atoms. The summed E-state index contributed by atoms with van der Waals surface area (Å²) in [5.74, 6) is 0.908. The predicted molar refractivity (Wildman–Crippen MR) is 137 cm³/mol. The van der Waals surface area contributed by atoms with E-state index in [9.17, 15) is 10.1 Å². The van der Waals surface area contributed by atoms with E-state index in [4.69, 9.17) is 4.74 Å². The van der Waals surface area contributed by atoms with Gasteiger partial charge in [0.15, 0.2) is 11.0 Å². The molecule has 0 saturated carbocycles. The molecule has 10 heteroatoms. The van der Waals surface area contributed by atoms with Crippen LogP contribution in [0.5, 0.6) is 0 Å². The first-order valence-electron chi connectivity index (χ1n) is 11.8. The number of nitrogens with zero attached hydrogens (tertiary/aromatic N) is 4. The molecule has 1 unspecified atom stereocenters. The molecule has 1 aliphatic carbocycles. The number of anilines is 1. The number of amides is 1. The Morgan fingerprint density at radius 2 is 2.24 bits per heavy atom. The van der Waals surface area contributed by atoms with E-state index in [-0.39, 0.29) is 17.8 Å². The highest BCUT2D eigenvalue weighted by Crippen LogP contribution is 2.38. The quantitative estimate of drug-likeness (QED) is 0.412. The second-order valence-corrected chi connectivity index (χ2v) is 11.6. The van der Waals surface area contributed by atoms with E-state index in [1.54, 1.807) is 22.7 Å². The fourth-order valence-corrected chi connectivity index (χ4v) is 7.33. The number of fused-ring (bicyclic) bond motifs is 1. The minimum atomic E-state index is -0.128. The Morgan fingerprint density at radius 3 is 3.00 bits per heavy atom. The van der Waals surface area contributed by atoms with Crippen LogP contribution in [0.3, 0.4) is 0 Å². The van der Waals surface area contributed by atoms with Crippen LogP contribution < -0.4 is 5.32 Å². The summed E-state index contributed by atoms with van der Waals surface area (Å²) in [6.07, 6.45) is 7.39. The Labute approximate surface area is 211 Å². The van der Waals surface area contributed by atoms with E-state index in [2.05, 4.69) is 44.5 Å². The van der Waals surface area contributed by atoms with Crippen LogP contribution in [0.1, 0.15) is 53.5 Å². The Balaban J connectivity index is 1.31. The Kier molecular flexibility index (Phi) is 7.34. The highest BCUT2D eigenvalue weighted by molar-refractivity contribution is 7.99. The van der Waals surface area contributed by atoms with Gasteiger partial charge in [0.1, 0.15) is 11.1 Å². The summed E-state index contributed by atoms with van der Waals surface area (Å²) in [5, 5.41) is 25.1. The molecule has 34 heavy (non-hydrogen) atoms. The van der Waals surface area contributed by atoms with Crippen molar-refractivity contribution in [3.05, 3.63) is 32.3 Å². The van der Waals surface area contributed by atoms with Crippen molar-refractivity contribution in [1.29, 1.82) is 5.26 Å². The fraction of sp³-hybridized carbons (Fsp3) is 0.500. The van der Waals surface area contributed by atoms with Crippen molar-refractivity contribution in [2.75, 3.05) is 17.7 Å². The van der Waals surface area contributed by atoms with Gasteiger partial charge >= 0.3 is 0 Å². The molecule has 3 aromatic heterocycles. The molecule has 0 spiro atoms. The van der Waals surface area contributed by atoms with Crippen molar-refractivity contribution in [1.82, 2.24) is 14.8 Å². The molecule has 1 amide bonds. The first kappa shape index (κ1) is 23.5. The molecule has 4 heterocycles. The number of thiophene rings is 2. The molecule has 0 aromatic carbocycles. The van der Waals surface area contributed by atoms with E-state index >= 15 is 0 Å². The number of nitriles is 1. The molecule has 1 fully saturated rings. The zero-order valence-corrected chi connectivity index (χ0v) is 21.6. The Bertz CT molecular complexity index is 1220. The number of thioether (sulfide) groups is 1. The molecule has 1 saturated heterocycles. The molecular weight excluding hydrogens is 486 g/mol. The minimum Gasteiger partial charge on any atom is -0.376 e. The maximum Gasteiger partial charge on any atom is 0.235 e. The number of carbonyl (C=O) groups is 1. The van der Waals surface area contributed by atoms with Crippen molar-refractivity contribution in [2.24, 2.45) is 0 Å². The van der Waals surface area contributed by atoms with E-state index < -0.39 is 0 Å². The molecule has 178 valence electrons. The van der Waals surface area contributed by atoms with E-state index in [1.165, 1.54) is 21.5 Å². The lowest BCUT2D eigenvalue weighted by Crippen LogP contribution is -2.18. The number of hydrogen-bond acceptors (Lipinski definition) is 8. The van der Waals surface area contributed by atoms with Crippen LogP contribution in [0, 0.1) is 11.3 Å². The number of hydrogen-bond donors (Lipinski definition) is 1. The summed E-state index contributed by atoms with van der Waals surface area (Å²) in [7, 11) is 0. The van der Waals surface area contributed by atoms with Gasteiger partial charge in [0.05, 0.1) is 24.0 Å². The molecule has 7 nitrogen and oxygen atoms in total. The zero-order chi connectivity index (χ0) is 23.5. The Morgan fingerprint density at radius 1 is 1.35 bits per heavy atom. The summed E-state index contributed by atoms with van der Waals surface area (Å²) in [5.41, 5.74) is 2.84. The van der Waals surface area contributed by atoms with Crippen molar-refractivity contribution in [3.8, 4) is 17.5 Å². The van der Waals surface area contributed by atoms with Crippen LogP contribution in [0.2, 0.25) is 0 Å². The molecule has 0 radical (unpaired) electrons. The fourth-order valence-electron chi connectivity index (χ4n) is 4.51. The monoisotopic (exact) mass is 513 g/mol. The molecular formula is C24H27N5O2S3. The van der Waals surface area contributed by atoms with Gasteiger partial charge in [-0.05, 0) is 56.6 Å². The Hall–Kier alpha value is -2.19. The number of ether oxygens (including phenoxy) is 1. The van der Waals surface area contributed by atoms with Crippen molar-refractivity contribution >= 4 is 45.3 Å². The van der Waals surface area contributed by atoms with E-state index in [0.717, 1.165) is 73.7 Å². The largest absolute Gasteiger partial charge is 0.376 e. The number of aromatic nitrogens is 3. The number of aryl methyl sites for hydroxylation is 2. The third-order valence-corrected chi connectivity index (χ3v) is 9.51. The van der Waals surface area contributed by atoms with Crippen LogP contribution in [-0.2, 0) is 35.3 Å². The van der Waals surface area contributed by atoms with E-state index in [0.29, 0.717) is 17.1 Å². The van der Waals surface area contributed by atoms with Gasteiger partial charge in [-0.3, -0.25) is 9.36 Å². The third-order valence-electron chi connectivity index (χ3n) is 6.26. The van der Waals surface area contributed by atoms with Gasteiger partial charge in [0.25, 0.3) is 0 Å². The van der Waals surface area contributed by atoms with Crippen LogP contribution in [0.4, 0.5) is 5.00 Å². The summed E-state index contributed by atoms with van der Waals surface area (Å²) in [6, 6.07) is 4.48. The van der Waals surface area contributed by atoms with Gasteiger partial charge in [0, 0.05) is 27.3 Å². The van der Waals surface area contributed by atoms with Gasteiger partial charge in [-0.1, -0.05) is 18.7 Å². The van der Waals surface area contributed by atoms with Crippen molar-refractivity contribution in [2.45, 2.75) is 69.7 Å². The topological polar surface area (TPSA) is 92.8 Å². The van der Waals surface area contributed by atoms with Gasteiger partial charge in [-0.15, -0.1) is 32.9 Å². The van der Waals surface area contributed by atoms with Gasteiger partial charge in [-0.2, -0.15) is 5.26 Å². The maximum absolute atomic E-state index is 12.8. The standard InChI is InChI=1S/C24H27N5O2S3/c1-2-17-10-15(13-32-17)22-27-28-24(29(22)12-16-6-5-9-31-16)33-14-21(30)26-23-19(11-25)18-7-3-4-8-20(18)34-23/h10,13,16H,2-9,12,14H2,1H3,(H,26,30). The molecule has 3 aromatic rings. The SMILES string of the molecule is CCc1cc(-c2nnc(SCC(=O)Nc3sc4c(c3C#N)CCCC4)n2CC2CCCO2)cs1. The molecule has 2 aliphatic rings. The molecule has 1 N–H and O–H groups in total. The van der Waals surface area contributed by atoms with Crippen LogP contribution >= 0.6 is 34.4 Å². The van der Waals surface area contributed by atoms with Crippen molar-refractivity contribution in [3.63, 3.8) is 0 Å². The summed E-state index contributed by atoms with van der Waals surface area (Å²) in [6.45, 7) is 3.62.